The Kier molecular flexibility index (Phi) is 5.71. The molecule has 6 rings (SSSR count). The number of methoxy groups -OCH3 is 1. The van der Waals surface area contributed by atoms with Crippen LogP contribution in [-0.4, -0.2) is 18.2 Å². The fourth-order valence-electron chi connectivity index (χ4n) is 5.46. The lowest BCUT2D eigenvalue weighted by molar-refractivity contribution is 0.414. The van der Waals surface area contributed by atoms with Crippen LogP contribution >= 0.6 is 11.6 Å². The smallest absolute Gasteiger partial charge is 0.119 e. The molecule has 0 bridgehead atoms. The summed E-state index contributed by atoms with van der Waals surface area (Å²) in [5, 5.41) is 2.07. The van der Waals surface area contributed by atoms with E-state index in [4.69, 9.17) is 16.3 Å². The number of para-hydroxylation sites is 1. The van der Waals surface area contributed by atoms with Gasteiger partial charge in [0.25, 0.3) is 0 Å². The molecule has 0 amide bonds. The van der Waals surface area contributed by atoms with E-state index in [1.54, 1.807) is 7.11 Å². The highest BCUT2D eigenvalue weighted by atomic mass is 35.5. The van der Waals surface area contributed by atoms with Gasteiger partial charge in [0.2, 0.25) is 0 Å². The van der Waals surface area contributed by atoms with Gasteiger partial charge < -0.3 is 14.2 Å². The van der Waals surface area contributed by atoms with Crippen molar-refractivity contribution in [1.82, 2.24) is 4.57 Å². The van der Waals surface area contributed by atoms with Gasteiger partial charge in [0, 0.05) is 52.4 Å². The van der Waals surface area contributed by atoms with Crippen LogP contribution in [0.15, 0.2) is 103 Å². The topological polar surface area (TPSA) is 17.4 Å². The standard InChI is InChI=1S/C31H27ClN2O/c1-35-26-17-15-25(16-18-26)33-20-19-29-30(31(33)23-11-13-24(32)14-12-23)27-9-5-6-10-28(27)34(29)21-22-7-3-2-4-8-22/h2-18,31H,19-21H2,1H3. The van der Waals surface area contributed by atoms with Crippen molar-refractivity contribution in [2.75, 3.05) is 18.6 Å². The minimum Gasteiger partial charge on any atom is -0.497 e. The Morgan fingerprint density at radius 2 is 1.54 bits per heavy atom. The van der Waals surface area contributed by atoms with Crippen molar-refractivity contribution in [3.05, 3.63) is 131 Å². The van der Waals surface area contributed by atoms with Crippen molar-refractivity contribution in [3.63, 3.8) is 0 Å². The molecule has 0 N–H and O–H groups in total. The van der Waals surface area contributed by atoms with Gasteiger partial charge in [0.05, 0.1) is 13.2 Å². The highest BCUT2D eigenvalue weighted by Gasteiger charge is 2.34. The molecule has 1 unspecified atom stereocenters. The fourth-order valence-corrected chi connectivity index (χ4v) is 5.59. The van der Waals surface area contributed by atoms with Gasteiger partial charge in [-0.15, -0.1) is 0 Å². The van der Waals surface area contributed by atoms with E-state index >= 15 is 0 Å². The van der Waals surface area contributed by atoms with Gasteiger partial charge in [-0.1, -0.05) is 72.3 Å². The van der Waals surface area contributed by atoms with Crippen LogP contribution in [-0.2, 0) is 13.0 Å². The molecular weight excluding hydrogens is 452 g/mol. The number of halogens is 1. The van der Waals surface area contributed by atoms with Crippen LogP contribution in [0.5, 0.6) is 5.75 Å². The van der Waals surface area contributed by atoms with Crippen molar-refractivity contribution in [2.45, 2.75) is 19.0 Å². The normalized spacial score (nSPS) is 15.3. The van der Waals surface area contributed by atoms with Crippen LogP contribution < -0.4 is 9.64 Å². The van der Waals surface area contributed by atoms with E-state index in [2.05, 4.69) is 88.3 Å². The van der Waals surface area contributed by atoms with Crippen molar-refractivity contribution in [1.29, 1.82) is 0 Å². The Balaban J connectivity index is 1.55. The maximum atomic E-state index is 6.30. The van der Waals surface area contributed by atoms with Gasteiger partial charge >= 0.3 is 0 Å². The lowest BCUT2D eigenvalue weighted by atomic mass is 9.89. The van der Waals surface area contributed by atoms with E-state index in [0.717, 1.165) is 30.3 Å². The fraction of sp³-hybridized carbons (Fsp3) is 0.161. The van der Waals surface area contributed by atoms with Crippen LogP contribution in [0.1, 0.15) is 28.4 Å². The van der Waals surface area contributed by atoms with Crippen LogP contribution in [0, 0.1) is 0 Å². The van der Waals surface area contributed by atoms with Gasteiger partial charge in [-0.05, 0) is 53.6 Å². The number of anilines is 1. The summed E-state index contributed by atoms with van der Waals surface area (Å²) in [6.45, 7) is 1.80. The average molecular weight is 479 g/mol. The van der Waals surface area contributed by atoms with E-state index in [1.165, 1.54) is 39.0 Å². The zero-order valence-electron chi connectivity index (χ0n) is 19.7. The minimum atomic E-state index is 0.0892. The molecule has 1 aromatic heterocycles. The van der Waals surface area contributed by atoms with Crippen molar-refractivity contribution >= 4 is 28.2 Å². The molecule has 1 aliphatic heterocycles. The van der Waals surface area contributed by atoms with E-state index in [1.807, 2.05) is 24.3 Å². The lowest BCUT2D eigenvalue weighted by Crippen LogP contribution is -2.36. The molecule has 3 nitrogen and oxygen atoms in total. The zero-order chi connectivity index (χ0) is 23.8. The molecule has 1 atom stereocenters. The van der Waals surface area contributed by atoms with Crippen molar-refractivity contribution in [3.8, 4) is 5.75 Å². The molecule has 4 heteroatoms. The summed E-state index contributed by atoms with van der Waals surface area (Å²) in [6, 6.07) is 36.4. The molecule has 35 heavy (non-hydrogen) atoms. The molecule has 1 aliphatic rings. The summed E-state index contributed by atoms with van der Waals surface area (Å²) >= 11 is 6.30. The lowest BCUT2D eigenvalue weighted by Gasteiger charge is -2.39. The van der Waals surface area contributed by atoms with E-state index < -0.39 is 0 Å². The second-order valence-corrected chi connectivity index (χ2v) is 9.48. The predicted molar refractivity (Wildman–Crippen MR) is 145 cm³/mol. The molecule has 174 valence electrons. The molecule has 5 aromatic rings. The molecule has 0 spiro atoms. The average Bonchev–Trinajstić information content (AvgIpc) is 3.23. The number of hydrogen-bond acceptors (Lipinski definition) is 2. The number of benzene rings is 4. The number of aromatic nitrogens is 1. The summed E-state index contributed by atoms with van der Waals surface area (Å²) in [5.74, 6) is 0.869. The van der Waals surface area contributed by atoms with E-state index in [9.17, 15) is 0 Å². The Hall–Kier alpha value is -3.69. The predicted octanol–water partition coefficient (Wildman–Crippen LogP) is 7.50. The Morgan fingerprint density at radius 3 is 2.29 bits per heavy atom. The first-order chi connectivity index (χ1) is 17.2. The van der Waals surface area contributed by atoms with E-state index in [-0.39, 0.29) is 6.04 Å². The molecule has 0 radical (unpaired) electrons. The number of nitrogens with zero attached hydrogens (tertiary/aromatic N) is 2. The molecule has 2 heterocycles. The Morgan fingerprint density at radius 1 is 0.829 bits per heavy atom. The third-order valence-electron chi connectivity index (χ3n) is 7.07. The van der Waals surface area contributed by atoms with Crippen molar-refractivity contribution in [2.24, 2.45) is 0 Å². The third kappa shape index (κ3) is 3.96. The number of rotatable bonds is 5. The Bertz CT molecular complexity index is 1460. The quantitative estimate of drug-likeness (QED) is 0.260. The molecule has 0 saturated carbocycles. The van der Waals surface area contributed by atoms with Crippen LogP contribution in [0.3, 0.4) is 0 Å². The van der Waals surface area contributed by atoms with Gasteiger partial charge in [0.15, 0.2) is 0 Å². The van der Waals surface area contributed by atoms with Crippen molar-refractivity contribution < 1.29 is 4.74 Å². The van der Waals surface area contributed by atoms with Crippen LogP contribution in [0.2, 0.25) is 5.02 Å². The first-order valence-corrected chi connectivity index (χ1v) is 12.4. The van der Waals surface area contributed by atoms with Gasteiger partial charge in [-0.3, -0.25) is 0 Å². The first kappa shape index (κ1) is 21.8. The molecular formula is C31H27ClN2O. The zero-order valence-corrected chi connectivity index (χ0v) is 20.5. The summed E-state index contributed by atoms with van der Waals surface area (Å²) in [4.78, 5) is 2.52. The van der Waals surface area contributed by atoms with Crippen LogP contribution in [0.25, 0.3) is 10.9 Å². The second kappa shape index (κ2) is 9.16. The second-order valence-electron chi connectivity index (χ2n) is 9.04. The molecule has 0 saturated heterocycles. The van der Waals surface area contributed by atoms with Gasteiger partial charge in [-0.25, -0.2) is 0 Å². The maximum absolute atomic E-state index is 6.30. The number of ether oxygens (including phenoxy) is 1. The largest absolute Gasteiger partial charge is 0.497 e. The number of fused-ring (bicyclic) bond motifs is 3. The SMILES string of the molecule is COc1ccc(N2CCc3c(c4ccccc4n3Cc3ccccc3)C2c2ccc(Cl)cc2)cc1. The molecule has 4 aromatic carbocycles. The molecule has 0 fully saturated rings. The summed E-state index contributed by atoms with van der Waals surface area (Å²) in [6.07, 6.45) is 0.979. The highest BCUT2D eigenvalue weighted by molar-refractivity contribution is 6.30. The monoisotopic (exact) mass is 478 g/mol. The van der Waals surface area contributed by atoms with Gasteiger partial charge in [0.1, 0.15) is 5.75 Å². The Labute approximate surface area is 211 Å². The highest BCUT2D eigenvalue weighted by Crippen LogP contribution is 2.44. The maximum Gasteiger partial charge on any atom is 0.119 e. The third-order valence-corrected chi connectivity index (χ3v) is 7.32. The summed E-state index contributed by atoms with van der Waals surface area (Å²) in [7, 11) is 1.71. The molecule has 0 aliphatic carbocycles. The van der Waals surface area contributed by atoms with Gasteiger partial charge in [-0.2, -0.15) is 0 Å². The van der Waals surface area contributed by atoms with E-state index in [0.29, 0.717) is 0 Å². The first-order valence-electron chi connectivity index (χ1n) is 12.0. The number of hydrogen-bond donors (Lipinski definition) is 0. The van der Waals surface area contributed by atoms with Crippen LogP contribution in [0.4, 0.5) is 5.69 Å². The minimum absolute atomic E-state index is 0.0892. The summed E-state index contributed by atoms with van der Waals surface area (Å²) in [5.41, 5.74) is 7.85. The summed E-state index contributed by atoms with van der Waals surface area (Å²) < 4.78 is 7.94.